The summed E-state index contributed by atoms with van der Waals surface area (Å²) in [7, 11) is -4.77. The Morgan fingerprint density at radius 1 is 1.19 bits per heavy atom. The minimum atomic E-state index is -4.77. The van der Waals surface area contributed by atoms with E-state index < -0.39 is 20.1 Å². The Labute approximate surface area is 98.7 Å². The zero-order valence-electron chi connectivity index (χ0n) is 9.09. The third kappa shape index (κ3) is 4.65. The van der Waals surface area contributed by atoms with Crippen molar-refractivity contribution >= 4 is 19.2 Å². The fourth-order valence-electron chi connectivity index (χ4n) is 0.890. The summed E-state index contributed by atoms with van der Waals surface area (Å²) in [6.45, 7) is 2.66. The maximum atomic E-state index is 11.3. The van der Waals surface area contributed by atoms with Crippen LogP contribution >= 0.6 is 19.2 Å². The first-order chi connectivity index (χ1) is 7.43. The second-order valence-corrected chi connectivity index (χ2v) is 4.36. The van der Waals surface area contributed by atoms with Crippen molar-refractivity contribution < 1.29 is 33.3 Å². The van der Waals surface area contributed by atoms with Crippen LogP contribution in [0.2, 0.25) is 0 Å². The van der Waals surface area contributed by atoms with Crippen molar-refractivity contribution in [2.45, 2.75) is 19.6 Å². The Hall–Kier alpha value is 0.280. The summed E-state index contributed by atoms with van der Waals surface area (Å²) < 4.78 is 30.4. The molecule has 0 fully saturated rings. The largest absolute Gasteiger partial charge is 0.415 e. The first-order valence-electron chi connectivity index (χ1n) is 4.54. The van der Waals surface area contributed by atoms with Gasteiger partial charge in [0.25, 0.3) is 0 Å². The van der Waals surface area contributed by atoms with Crippen LogP contribution in [0.4, 0.5) is 0 Å². The van der Waals surface area contributed by atoms with Gasteiger partial charge in [-0.25, -0.2) is 0 Å². The summed E-state index contributed by atoms with van der Waals surface area (Å²) in [6.07, 6.45) is 0. The van der Waals surface area contributed by atoms with E-state index in [9.17, 15) is 4.57 Å². The normalized spacial score (nSPS) is 13.1. The molecule has 16 heavy (non-hydrogen) atoms. The van der Waals surface area contributed by atoms with Gasteiger partial charge < -0.3 is 24.0 Å². The molecule has 0 aromatic heterocycles. The number of ether oxygens (including phenoxy) is 4. The Morgan fingerprint density at radius 3 is 2.00 bits per heavy atom. The molecule has 0 aliphatic carbocycles. The van der Waals surface area contributed by atoms with Crippen molar-refractivity contribution in [3.63, 3.8) is 0 Å². The highest BCUT2D eigenvalue weighted by Gasteiger charge is 2.52. The monoisotopic (exact) mass is 278 g/mol. The van der Waals surface area contributed by atoms with Crippen LogP contribution < -0.4 is 0 Å². The molecule has 0 aliphatic rings. The number of alkyl halides is 1. The molecule has 0 saturated carbocycles. The van der Waals surface area contributed by atoms with E-state index in [1.165, 1.54) is 0 Å². The molecular weight excluding hydrogens is 262 g/mol. The lowest BCUT2D eigenvalue weighted by molar-refractivity contribution is -0.350. The van der Waals surface area contributed by atoms with Crippen molar-refractivity contribution in [2.24, 2.45) is 0 Å². The lowest BCUT2D eigenvalue weighted by atomic mass is 10.8. The predicted octanol–water partition coefficient (Wildman–Crippen LogP) is 1.04. The van der Waals surface area contributed by atoms with Gasteiger partial charge in [-0.1, -0.05) is 11.6 Å². The van der Waals surface area contributed by atoms with Crippen LogP contribution in [0.3, 0.4) is 0 Å². The van der Waals surface area contributed by atoms with Gasteiger partial charge in [0.15, 0.2) is 6.79 Å². The molecule has 0 atom stereocenters. The highest BCUT2D eigenvalue weighted by Crippen LogP contribution is 2.52. The first-order valence-corrected chi connectivity index (χ1v) is 6.69. The molecule has 0 radical (unpaired) electrons. The van der Waals surface area contributed by atoms with Crippen LogP contribution in [-0.2, 0) is 23.5 Å². The number of halogens is 1. The van der Waals surface area contributed by atoms with Gasteiger partial charge in [-0.05, 0) is 13.8 Å². The summed E-state index contributed by atoms with van der Waals surface area (Å²) in [6, 6.07) is -0.171. The molecule has 0 rings (SSSR count). The van der Waals surface area contributed by atoms with E-state index in [1.54, 1.807) is 13.8 Å². The zero-order chi connectivity index (χ0) is 12.7. The van der Waals surface area contributed by atoms with Crippen LogP contribution in [0.15, 0.2) is 0 Å². The van der Waals surface area contributed by atoms with Crippen LogP contribution in [0.25, 0.3) is 0 Å². The minimum absolute atomic E-state index is 0.00594. The first kappa shape index (κ1) is 16.3. The van der Waals surface area contributed by atoms with Crippen molar-refractivity contribution in [1.82, 2.24) is 0 Å². The summed E-state index contributed by atoms with van der Waals surface area (Å²) in [5.41, 5.74) is -2.43. The molecule has 0 saturated heterocycles. The molecule has 0 aliphatic heterocycles. The third-order valence-corrected chi connectivity index (χ3v) is 2.67. The molecule has 0 amide bonds. The number of rotatable bonds is 9. The van der Waals surface area contributed by atoms with Gasteiger partial charge in [0, 0.05) is 0 Å². The van der Waals surface area contributed by atoms with Crippen molar-refractivity contribution in [3.8, 4) is 0 Å². The Bertz CT molecular complexity index is 225. The van der Waals surface area contributed by atoms with E-state index in [-0.39, 0.29) is 19.3 Å². The highest BCUT2D eigenvalue weighted by atomic mass is 35.5. The van der Waals surface area contributed by atoms with Gasteiger partial charge in [-0.2, -0.15) is 0 Å². The van der Waals surface area contributed by atoms with Gasteiger partial charge >= 0.3 is 13.3 Å². The summed E-state index contributed by atoms with van der Waals surface area (Å²) >= 11 is 5.22. The summed E-state index contributed by atoms with van der Waals surface area (Å²) in [5.74, 6) is 0. The van der Waals surface area contributed by atoms with Crippen LogP contribution in [0, 0.1) is 0 Å². The van der Waals surface area contributed by atoms with E-state index in [2.05, 4.69) is 4.74 Å². The van der Waals surface area contributed by atoms with Gasteiger partial charge in [0.2, 0.25) is 0 Å². The lowest BCUT2D eigenvalue weighted by Crippen LogP contribution is -2.39. The van der Waals surface area contributed by atoms with E-state index >= 15 is 0 Å². The van der Waals surface area contributed by atoms with Gasteiger partial charge in [0.1, 0.15) is 6.07 Å². The second kappa shape index (κ2) is 7.58. The van der Waals surface area contributed by atoms with E-state index in [0.29, 0.717) is 0 Å². The second-order valence-electron chi connectivity index (χ2n) is 2.51. The fourth-order valence-corrected chi connectivity index (χ4v) is 1.77. The van der Waals surface area contributed by atoms with Crippen molar-refractivity contribution in [1.29, 1.82) is 0 Å². The smallest absolute Gasteiger partial charge is 0.339 e. The third-order valence-electron chi connectivity index (χ3n) is 1.41. The summed E-state index contributed by atoms with van der Waals surface area (Å²) in [4.78, 5) is 18.3. The van der Waals surface area contributed by atoms with Crippen LogP contribution in [0.5, 0.6) is 0 Å². The van der Waals surface area contributed by atoms with Gasteiger partial charge in [-0.15, -0.1) is 0 Å². The maximum Gasteiger partial charge on any atom is 0.415 e. The number of hydrogen-bond donors (Lipinski definition) is 2. The Balaban J connectivity index is 4.72. The molecule has 0 spiro atoms. The number of hydrogen-bond acceptors (Lipinski definition) is 5. The molecule has 0 bridgehead atoms. The highest BCUT2D eigenvalue weighted by molar-refractivity contribution is 7.52. The van der Waals surface area contributed by atoms with Gasteiger partial charge in [-0.3, -0.25) is 9.30 Å². The van der Waals surface area contributed by atoms with Crippen LogP contribution in [0.1, 0.15) is 13.8 Å². The van der Waals surface area contributed by atoms with Crippen molar-refractivity contribution in [3.05, 3.63) is 0 Å². The van der Waals surface area contributed by atoms with E-state index in [1.807, 2.05) is 0 Å². The zero-order valence-corrected chi connectivity index (χ0v) is 10.7. The van der Waals surface area contributed by atoms with Gasteiger partial charge in [0.05, 0.1) is 13.2 Å². The molecule has 7 nitrogen and oxygen atoms in total. The van der Waals surface area contributed by atoms with E-state index in [4.69, 9.17) is 35.6 Å². The average Bonchev–Trinajstić information content (AvgIpc) is 2.17. The van der Waals surface area contributed by atoms with Crippen molar-refractivity contribution in [2.75, 3.05) is 26.1 Å². The quantitative estimate of drug-likeness (QED) is 0.281. The molecule has 0 aromatic carbocycles. The van der Waals surface area contributed by atoms with E-state index in [0.717, 1.165) is 0 Å². The lowest BCUT2D eigenvalue weighted by Gasteiger charge is -2.31. The minimum Gasteiger partial charge on any atom is -0.339 e. The van der Waals surface area contributed by atoms with Crippen LogP contribution in [-0.4, -0.2) is 41.6 Å². The SMILES string of the molecule is CCOC(OCC)(OCOCCl)P(=O)(O)O. The molecule has 0 aromatic rings. The molecule has 98 valence electrons. The maximum absolute atomic E-state index is 11.3. The average molecular weight is 279 g/mol. The molecular formula is C7H16ClO7P. The Kier molecular flexibility index (Phi) is 7.71. The molecule has 0 heterocycles. The fraction of sp³-hybridized carbons (Fsp3) is 1.00. The standard InChI is InChI=1S/C7H16ClO7P/c1-3-13-7(14-4-2,16(9,10)11)15-6-12-5-8/h3-6H2,1-2H3,(H2,9,10,11). The Morgan fingerprint density at radius 2 is 1.69 bits per heavy atom. The predicted molar refractivity (Wildman–Crippen MR) is 55.8 cm³/mol. The molecule has 2 N–H and O–H groups in total. The molecule has 0 unspecified atom stereocenters. The molecule has 9 heteroatoms. The topological polar surface area (TPSA) is 94.5 Å². The summed E-state index contributed by atoms with van der Waals surface area (Å²) in [5, 5.41) is 0.